The number of hydrogen-bond acceptors (Lipinski definition) is 7. The van der Waals surface area contributed by atoms with Crippen LogP contribution in [-0.2, 0) is 11.2 Å². The molecule has 3 heterocycles. The van der Waals surface area contributed by atoms with Crippen molar-refractivity contribution in [2.45, 2.75) is 26.3 Å². The van der Waals surface area contributed by atoms with Crippen molar-refractivity contribution < 1.29 is 4.74 Å². The van der Waals surface area contributed by atoms with E-state index in [1.807, 2.05) is 0 Å². The Labute approximate surface area is 121 Å². The minimum Gasteiger partial charge on any atom is -0.377 e. The summed E-state index contributed by atoms with van der Waals surface area (Å²) in [6, 6.07) is 2.50. The predicted molar refractivity (Wildman–Crippen MR) is 82.2 cm³/mol. The van der Waals surface area contributed by atoms with Crippen molar-refractivity contribution in [2.24, 2.45) is 5.84 Å². The molecule has 2 aromatic heterocycles. The van der Waals surface area contributed by atoms with E-state index in [1.165, 1.54) is 4.88 Å². The number of anilines is 2. The summed E-state index contributed by atoms with van der Waals surface area (Å²) in [6.07, 6.45) is 1.00. The summed E-state index contributed by atoms with van der Waals surface area (Å²) >= 11 is 1.70. The highest BCUT2D eigenvalue weighted by atomic mass is 32.1. The number of nitrogen functional groups attached to an aromatic ring is 1. The molecule has 6 nitrogen and oxygen atoms in total. The summed E-state index contributed by atoms with van der Waals surface area (Å²) in [7, 11) is 0. The molecule has 2 aromatic rings. The Bertz CT molecular complexity index is 614. The van der Waals surface area contributed by atoms with Crippen LogP contribution in [0.3, 0.4) is 0 Å². The average molecular weight is 293 g/mol. The second kappa shape index (κ2) is 5.51. The second-order valence-electron chi connectivity index (χ2n) is 4.92. The summed E-state index contributed by atoms with van der Waals surface area (Å²) in [5.41, 5.74) is 2.57. The summed E-state index contributed by atoms with van der Waals surface area (Å²) < 4.78 is 5.51. The lowest BCUT2D eigenvalue weighted by Crippen LogP contribution is -2.44. The van der Waals surface area contributed by atoms with Crippen LogP contribution in [0.5, 0.6) is 0 Å². The molecule has 0 bridgehead atoms. The molecule has 0 amide bonds. The number of rotatable bonds is 3. The number of morpholine rings is 1. The van der Waals surface area contributed by atoms with Gasteiger partial charge in [-0.1, -0.05) is 6.92 Å². The Morgan fingerprint density at radius 3 is 3.10 bits per heavy atom. The number of ether oxygens (including phenoxy) is 1. The van der Waals surface area contributed by atoms with Gasteiger partial charge in [-0.2, -0.15) is 4.98 Å². The van der Waals surface area contributed by atoms with Crippen molar-refractivity contribution in [1.29, 1.82) is 0 Å². The predicted octanol–water partition coefficient (Wildman–Crippen LogP) is 1.76. The van der Waals surface area contributed by atoms with E-state index in [-0.39, 0.29) is 0 Å². The molecule has 108 valence electrons. The van der Waals surface area contributed by atoms with Crippen LogP contribution in [0.15, 0.2) is 6.07 Å². The van der Waals surface area contributed by atoms with E-state index in [1.54, 1.807) is 11.3 Å². The van der Waals surface area contributed by atoms with Gasteiger partial charge in [-0.15, -0.1) is 11.3 Å². The van der Waals surface area contributed by atoms with E-state index in [0.717, 1.165) is 42.2 Å². The molecule has 7 heteroatoms. The van der Waals surface area contributed by atoms with Gasteiger partial charge in [-0.3, -0.25) is 5.43 Å². The van der Waals surface area contributed by atoms with Crippen molar-refractivity contribution in [3.63, 3.8) is 0 Å². The number of hydrogen-bond donors (Lipinski definition) is 2. The third-order valence-corrected chi connectivity index (χ3v) is 4.71. The topological polar surface area (TPSA) is 76.3 Å². The summed E-state index contributed by atoms with van der Waals surface area (Å²) in [4.78, 5) is 13.6. The highest BCUT2D eigenvalue weighted by Gasteiger charge is 2.24. The Morgan fingerprint density at radius 1 is 1.55 bits per heavy atom. The monoisotopic (exact) mass is 293 g/mol. The molecule has 1 atom stereocenters. The van der Waals surface area contributed by atoms with Gasteiger partial charge < -0.3 is 9.64 Å². The molecule has 0 radical (unpaired) electrons. The molecular weight excluding hydrogens is 274 g/mol. The second-order valence-corrected chi connectivity index (χ2v) is 6.03. The minimum atomic E-state index is 0.303. The van der Waals surface area contributed by atoms with Gasteiger partial charge in [-0.05, 0) is 19.4 Å². The van der Waals surface area contributed by atoms with Crippen molar-refractivity contribution in [1.82, 2.24) is 9.97 Å². The van der Waals surface area contributed by atoms with Gasteiger partial charge in [0, 0.05) is 11.4 Å². The van der Waals surface area contributed by atoms with Crippen LogP contribution in [0.1, 0.15) is 18.7 Å². The molecule has 1 aliphatic rings. The molecule has 0 aliphatic carbocycles. The fourth-order valence-corrected chi connectivity index (χ4v) is 3.42. The molecule has 3 rings (SSSR count). The largest absolute Gasteiger partial charge is 0.377 e. The fourth-order valence-electron chi connectivity index (χ4n) is 2.46. The first kappa shape index (κ1) is 13.5. The van der Waals surface area contributed by atoms with Crippen molar-refractivity contribution >= 4 is 33.3 Å². The van der Waals surface area contributed by atoms with Crippen LogP contribution in [0.4, 0.5) is 11.8 Å². The number of aromatic nitrogens is 2. The van der Waals surface area contributed by atoms with E-state index in [2.05, 4.69) is 40.2 Å². The van der Waals surface area contributed by atoms with Crippen LogP contribution in [0.25, 0.3) is 10.2 Å². The van der Waals surface area contributed by atoms with Crippen LogP contribution >= 0.6 is 11.3 Å². The number of nitrogens with one attached hydrogen (secondary N) is 1. The highest BCUT2D eigenvalue weighted by Crippen LogP contribution is 2.33. The van der Waals surface area contributed by atoms with E-state index in [0.29, 0.717) is 12.0 Å². The third kappa shape index (κ3) is 2.32. The SMILES string of the molecule is CCc1cc2c(N3CCOCC3C)nc(NN)nc2s1. The highest BCUT2D eigenvalue weighted by molar-refractivity contribution is 7.18. The molecule has 20 heavy (non-hydrogen) atoms. The molecule has 3 N–H and O–H groups in total. The smallest absolute Gasteiger partial charge is 0.240 e. The van der Waals surface area contributed by atoms with E-state index < -0.39 is 0 Å². The third-order valence-electron chi connectivity index (χ3n) is 3.54. The Kier molecular flexibility index (Phi) is 3.73. The fraction of sp³-hybridized carbons (Fsp3) is 0.538. The van der Waals surface area contributed by atoms with Gasteiger partial charge in [0.25, 0.3) is 0 Å². The lowest BCUT2D eigenvalue weighted by Gasteiger charge is -2.34. The summed E-state index contributed by atoms with van der Waals surface area (Å²) in [5.74, 6) is 6.92. The molecule has 0 aromatic carbocycles. The molecule has 0 saturated carbocycles. The number of fused-ring (bicyclic) bond motifs is 1. The molecule has 0 spiro atoms. The summed E-state index contributed by atoms with van der Waals surface area (Å²) in [5, 5.41) is 1.11. The zero-order chi connectivity index (χ0) is 14.1. The number of nitrogens with zero attached hydrogens (tertiary/aromatic N) is 3. The maximum absolute atomic E-state index is 5.51. The van der Waals surface area contributed by atoms with Crippen LogP contribution in [0.2, 0.25) is 0 Å². The normalized spacial score (nSPS) is 19.6. The minimum absolute atomic E-state index is 0.303. The Hall–Kier alpha value is -1.44. The lowest BCUT2D eigenvalue weighted by atomic mass is 10.2. The quantitative estimate of drug-likeness (QED) is 0.663. The van der Waals surface area contributed by atoms with Crippen LogP contribution < -0.4 is 16.2 Å². The van der Waals surface area contributed by atoms with E-state index >= 15 is 0 Å². The Morgan fingerprint density at radius 2 is 2.40 bits per heavy atom. The molecule has 1 unspecified atom stereocenters. The zero-order valence-electron chi connectivity index (χ0n) is 11.7. The van der Waals surface area contributed by atoms with Crippen molar-refractivity contribution in [3.05, 3.63) is 10.9 Å². The van der Waals surface area contributed by atoms with Crippen molar-refractivity contribution in [2.75, 3.05) is 30.1 Å². The molecule has 1 fully saturated rings. The number of hydrazine groups is 1. The average Bonchev–Trinajstić information content (AvgIpc) is 2.90. The first-order chi connectivity index (χ1) is 9.72. The van der Waals surface area contributed by atoms with Crippen LogP contribution in [-0.4, -0.2) is 35.8 Å². The number of thiophene rings is 1. The number of nitrogens with two attached hydrogens (primary N) is 1. The van der Waals surface area contributed by atoms with Crippen molar-refractivity contribution in [3.8, 4) is 0 Å². The first-order valence-electron chi connectivity index (χ1n) is 6.84. The van der Waals surface area contributed by atoms with Crippen LogP contribution in [0, 0.1) is 0 Å². The van der Waals surface area contributed by atoms with Gasteiger partial charge in [-0.25, -0.2) is 10.8 Å². The van der Waals surface area contributed by atoms with E-state index in [4.69, 9.17) is 10.6 Å². The number of aryl methyl sites for hydroxylation is 1. The maximum Gasteiger partial charge on any atom is 0.240 e. The lowest BCUT2D eigenvalue weighted by molar-refractivity contribution is 0.0987. The van der Waals surface area contributed by atoms with Gasteiger partial charge >= 0.3 is 0 Å². The Balaban J connectivity index is 2.13. The molecule has 1 saturated heterocycles. The standard InChI is InChI=1S/C13H19N5OS/c1-3-9-6-10-11(18-4-5-19-7-8(18)2)15-13(17-14)16-12(10)20-9/h6,8H,3-5,7,14H2,1-2H3,(H,15,16,17). The maximum atomic E-state index is 5.51. The molecule has 1 aliphatic heterocycles. The van der Waals surface area contributed by atoms with Gasteiger partial charge in [0.15, 0.2) is 0 Å². The zero-order valence-corrected chi connectivity index (χ0v) is 12.5. The molecular formula is C13H19N5OS. The van der Waals surface area contributed by atoms with E-state index in [9.17, 15) is 0 Å². The van der Waals surface area contributed by atoms with Gasteiger partial charge in [0.1, 0.15) is 10.6 Å². The summed E-state index contributed by atoms with van der Waals surface area (Å²) in [6.45, 7) is 6.59. The van der Waals surface area contributed by atoms with Gasteiger partial charge in [0.2, 0.25) is 5.95 Å². The first-order valence-corrected chi connectivity index (χ1v) is 7.66. The van der Waals surface area contributed by atoms with Gasteiger partial charge in [0.05, 0.1) is 24.6 Å².